The first-order valence-corrected chi connectivity index (χ1v) is 10.4. The summed E-state index contributed by atoms with van der Waals surface area (Å²) in [5.41, 5.74) is 0. The summed E-state index contributed by atoms with van der Waals surface area (Å²) in [7, 11) is 0.336. The highest BCUT2D eigenvalue weighted by Gasteiger charge is 2.25. The molecule has 0 unspecified atom stereocenters. The van der Waals surface area contributed by atoms with Crippen molar-refractivity contribution in [1.29, 1.82) is 0 Å². The molecule has 0 saturated heterocycles. The van der Waals surface area contributed by atoms with Gasteiger partial charge in [0.1, 0.15) is 0 Å². The summed E-state index contributed by atoms with van der Waals surface area (Å²) < 4.78 is 20.1. The maximum absolute atomic E-state index is 5.22. The summed E-state index contributed by atoms with van der Waals surface area (Å²) in [5, 5.41) is 0. The van der Waals surface area contributed by atoms with Crippen molar-refractivity contribution in [2.24, 2.45) is 0 Å². The maximum atomic E-state index is 5.22. The average Bonchev–Trinajstić information content (AvgIpc) is 1.87. The standard InChI is InChI=1S/C4H16O4Si3/c1-5-9-7-8-11(3,4)10-6-2/h9-10H2,1-4H3. The van der Waals surface area contributed by atoms with Crippen LogP contribution in [0.15, 0.2) is 0 Å². The second-order valence-corrected chi connectivity index (χ2v) is 14.4. The Balaban J connectivity index is 3.38. The smallest absolute Gasteiger partial charge is 0.342 e. The van der Waals surface area contributed by atoms with Crippen molar-refractivity contribution >= 4 is 27.1 Å². The molecule has 0 aliphatic rings. The zero-order chi connectivity index (χ0) is 8.74. The van der Waals surface area contributed by atoms with Crippen LogP contribution in [0.4, 0.5) is 0 Å². The maximum Gasteiger partial charge on any atom is 0.342 e. The van der Waals surface area contributed by atoms with Gasteiger partial charge in [-0.2, -0.15) is 0 Å². The molecule has 0 aromatic heterocycles. The van der Waals surface area contributed by atoms with Gasteiger partial charge in [0.2, 0.25) is 7.83 Å². The van der Waals surface area contributed by atoms with Crippen LogP contribution in [0.5, 0.6) is 0 Å². The van der Waals surface area contributed by atoms with E-state index in [0.717, 1.165) is 0 Å². The molecule has 0 spiro atoms. The van der Waals surface area contributed by atoms with E-state index in [2.05, 4.69) is 13.1 Å². The minimum atomic E-state index is -1.59. The van der Waals surface area contributed by atoms with Gasteiger partial charge in [0, 0.05) is 14.2 Å². The molecule has 0 bridgehead atoms. The van der Waals surface area contributed by atoms with Gasteiger partial charge in [-0.3, -0.25) is 9.15 Å². The zero-order valence-electron chi connectivity index (χ0n) is 7.55. The molecule has 0 atom stereocenters. The number of hydrogen-bond donors (Lipinski definition) is 0. The molecule has 0 radical (unpaired) electrons. The summed E-state index contributed by atoms with van der Waals surface area (Å²) in [5.74, 6) is 0. The van der Waals surface area contributed by atoms with Crippen LogP contribution >= 0.6 is 0 Å². The Bertz CT molecular complexity index is 99.3. The Morgan fingerprint density at radius 3 is 2.18 bits per heavy atom. The predicted octanol–water partition coefficient (Wildman–Crippen LogP) is -0.988. The molecule has 4 nitrogen and oxygen atoms in total. The molecular weight excluding hydrogens is 196 g/mol. The normalized spacial score (nSPS) is 14.2. The van der Waals surface area contributed by atoms with Crippen LogP contribution in [-0.4, -0.2) is 41.3 Å². The van der Waals surface area contributed by atoms with Crippen molar-refractivity contribution < 1.29 is 18.0 Å². The van der Waals surface area contributed by atoms with Gasteiger partial charge in [-0.25, -0.2) is 0 Å². The van der Waals surface area contributed by atoms with E-state index in [4.69, 9.17) is 18.0 Å². The van der Waals surface area contributed by atoms with Crippen LogP contribution in [0, 0.1) is 0 Å². The second kappa shape index (κ2) is 6.06. The van der Waals surface area contributed by atoms with Crippen LogP contribution in [0.1, 0.15) is 0 Å². The van der Waals surface area contributed by atoms with E-state index in [1.54, 1.807) is 14.2 Å². The molecule has 68 valence electrons. The monoisotopic (exact) mass is 212 g/mol. The van der Waals surface area contributed by atoms with Gasteiger partial charge in [0.15, 0.2) is 9.28 Å². The van der Waals surface area contributed by atoms with Gasteiger partial charge < -0.3 is 8.85 Å². The Morgan fingerprint density at radius 1 is 1.09 bits per heavy atom. The van der Waals surface area contributed by atoms with Crippen molar-refractivity contribution in [2.75, 3.05) is 14.2 Å². The van der Waals surface area contributed by atoms with Crippen molar-refractivity contribution in [1.82, 2.24) is 0 Å². The van der Waals surface area contributed by atoms with E-state index in [-0.39, 0.29) is 0 Å². The summed E-state index contributed by atoms with van der Waals surface area (Å²) >= 11 is 0. The van der Waals surface area contributed by atoms with Gasteiger partial charge in [-0.15, -0.1) is 0 Å². The third kappa shape index (κ3) is 6.87. The number of rotatable bonds is 6. The Morgan fingerprint density at radius 2 is 1.73 bits per heavy atom. The van der Waals surface area contributed by atoms with E-state index < -0.39 is 27.1 Å². The minimum absolute atomic E-state index is 0.520. The fraction of sp³-hybridized carbons (Fsp3) is 1.00. The van der Waals surface area contributed by atoms with Gasteiger partial charge in [0.05, 0.1) is 0 Å². The van der Waals surface area contributed by atoms with Gasteiger partial charge in [0.25, 0.3) is 0 Å². The molecule has 0 saturated carbocycles. The topological polar surface area (TPSA) is 36.9 Å². The highest BCUT2D eigenvalue weighted by atomic mass is 29.2. The molecule has 0 aromatic carbocycles. The molecule has 7 heteroatoms. The summed E-state index contributed by atoms with van der Waals surface area (Å²) in [4.78, 5) is 0. The first kappa shape index (κ1) is 11.5. The predicted molar refractivity (Wildman–Crippen MR) is 50.8 cm³/mol. The minimum Gasteiger partial charge on any atom is -0.427 e. The molecule has 0 N–H and O–H groups in total. The van der Waals surface area contributed by atoms with Crippen LogP contribution in [0.3, 0.4) is 0 Å². The summed E-state index contributed by atoms with van der Waals surface area (Å²) in [6.45, 7) is 4.18. The van der Waals surface area contributed by atoms with E-state index in [1.165, 1.54) is 0 Å². The Kier molecular flexibility index (Phi) is 6.33. The quantitative estimate of drug-likeness (QED) is 0.245. The van der Waals surface area contributed by atoms with Crippen LogP contribution < -0.4 is 0 Å². The van der Waals surface area contributed by atoms with Crippen LogP contribution in [0.25, 0.3) is 0 Å². The third-order valence-corrected chi connectivity index (χ3v) is 6.49. The highest BCUT2D eigenvalue weighted by Crippen LogP contribution is 2.01. The molecule has 0 aromatic rings. The molecule has 11 heavy (non-hydrogen) atoms. The van der Waals surface area contributed by atoms with E-state index in [0.29, 0.717) is 0 Å². The van der Waals surface area contributed by atoms with Crippen LogP contribution in [-0.2, 0) is 18.0 Å². The van der Waals surface area contributed by atoms with Crippen molar-refractivity contribution in [2.45, 2.75) is 13.1 Å². The van der Waals surface area contributed by atoms with Crippen LogP contribution in [0.2, 0.25) is 13.1 Å². The first-order chi connectivity index (χ1) is 5.12. The molecule has 0 rings (SSSR count). The van der Waals surface area contributed by atoms with Crippen molar-refractivity contribution in [3.8, 4) is 0 Å². The Hall–Kier alpha value is 0.491. The van der Waals surface area contributed by atoms with Crippen molar-refractivity contribution in [3.05, 3.63) is 0 Å². The van der Waals surface area contributed by atoms with Gasteiger partial charge in [-0.05, 0) is 13.1 Å². The lowest BCUT2D eigenvalue weighted by Crippen LogP contribution is -2.40. The van der Waals surface area contributed by atoms with Gasteiger partial charge in [-0.1, -0.05) is 0 Å². The molecule has 0 aliphatic carbocycles. The SMILES string of the molecule is CO[SiH2]OO[Si](C)(C)[SiH2]OC. The second-order valence-electron chi connectivity index (χ2n) is 2.80. The molecule has 0 aliphatic heterocycles. The largest absolute Gasteiger partial charge is 0.427 e. The van der Waals surface area contributed by atoms with Crippen molar-refractivity contribution in [3.63, 3.8) is 0 Å². The fourth-order valence-corrected chi connectivity index (χ4v) is 5.89. The average molecular weight is 212 g/mol. The lowest BCUT2D eigenvalue weighted by Gasteiger charge is -2.18. The lowest BCUT2D eigenvalue weighted by atomic mass is 11.8. The fourth-order valence-electron chi connectivity index (χ4n) is 0.603. The van der Waals surface area contributed by atoms with Gasteiger partial charge >= 0.3 is 10.0 Å². The Labute approximate surface area is 73.0 Å². The first-order valence-electron chi connectivity index (χ1n) is 3.41. The molecular formula is C4H16O4Si3. The highest BCUT2D eigenvalue weighted by molar-refractivity contribution is 7.17. The number of hydrogen-bond acceptors (Lipinski definition) is 4. The molecule has 0 heterocycles. The molecule has 0 fully saturated rings. The lowest BCUT2D eigenvalue weighted by molar-refractivity contribution is -0.122. The van der Waals surface area contributed by atoms with E-state index in [1.807, 2.05) is 0 Å². The zero-order valence-corrected chi connectivity index (χ0v) is 11.4. The van der Waals surface area contributed by atoms with E-state index in [9.17, 15) is 0 Å². The summed E-state index contributed by atoms with van der Waals surface area (Å²) in [6, 6.07) is 0. The van der Waals surface area contributed by atoms with E-state index >= 15 is 0 Å². The third-order valence-electron chi connectivity index (χ3n) is 0.942. The molecule has 0 amide bonds. The summed E-state index contributed by atoms with van der Waals surface area (Å²) in [6.07, 6.45) is 0.